The highest BCUT2D eigenvalue weighted by Gasteiger charge is 2.05. The molecule has 0 saturated carbocycles. The summed E-state index contributed by atoms with van der Waals surface area (Å²) in [5.41, 5.74) is 7.64. The van der Waals surface area contributed by atoms with Gasteiger partial charge in [-0.2, -0.15) is 0 Å². The molecule has 0 saturated heterocycles. The van der Waals surface area contributed by atoms with Crippen molar-refractivity contribution < 1.29 is 9.47 Å². The molecule has 0 unspecified atom stereocenters. The van der Waals surface area contributed by atoms with E-state index in [1.165, 1.54) is 0 Å². The van der Waals surface area contributed by atoms with Crippen LogP contribution in [0.2, 0.25) is 0 Å². The van der Waals surface area contributed by atoms with Crippen molar-refractivity contribution in [3.05, 3.63) is 34.3 Å². The van der Waals surface area contributed by atoms with Crippen LogP contribution in [-0.2, 0) is 6.54 Å². The molecule has 0 aliphatic rings. The van der Waals surface area contributed by atoms with Crippen molar-refractivity contribution in [2.75, 3.05) is 19.5 Å². The number of nitrogens with one attached hydrogen (secondary N) is 1. The van der Waals surface area contributed by atoms with E-state index in [2.05, 4.69) is 15.3 Å². The maximum absolute atomic E-state index is 5.87. The summed E-state index contributed by atoms with van der Waals surface area (Å²) >= 11 is 1.57. The average Bonchev–Trinajstić information content (AvgIpc) is 2.90. The maximum Gasteiger partial charge on any atom is 0.193 e. The van der Waals surface area contributed by atoms with Gasteiger partial charge in [-0.3, -0.25) is 0 Å². The van der Waals surface area contributed by atoms with E-state index in [-0.39, 0.29) is 0 Å². The lowest BCUT2D eigenvalue weighted by Crippen LogP contribution is -2.22. The number of nitrogens with two attached hydrogens (primary N) is 1. The second-order valence-electron chi connectivity index (χ2n) is 4.28. The summed E-state index contributed by atoms with van der Waals surface area (Å²) in [6, 6.07) is 5.45. The number of rotatable bonds is 5. The van der Waals surface area contributed by atoms with Crippen molar-refractivity contribution in [3.8, 4) is 11.5 Å². The number of benzene rings is 1. The molecule has 0 amide bonds. The van der Waals surface area contributed by atoms with Crippen LogP contribution in [-0.4, -0.2) is 25.2 Å². The second kappa shape index (κ2) is 6.94. The SMILES string of the molecule is COc1ccc(NC(N)=NCc2nc(C)cs2)cc1OC. The van der Waals surface area contributed by atoms with Gasteiger partial charge in [0.25, 0.3) is 0 Å². The molecule has 0 spiro atoms. The highest BCUT2D eigenvalue weighted by molar-refractivity contribution is 7.09. The highest BCUT2D eigenvalue weighted by Crippen LogP contribution is 2.29. The molecule has 0 radical (unpaired) electrons. The summed E-state index contributed by atoms with van der Waals surface area (Å²) in [6.07, 6.45) is 0. The molecule has 112 valence electrons. The van der Waals surface area contributed by atoms with Gasteiger partial charge in [0, 0.05) is 22.8 Å². The van der Waals surface area contributed by atoms with Crippen molar-refractivity contribution >= 4 is 23.0 Å². The molecule has 6 nitrogen and oxygen atoms in total. The molecule has 0 atom stereocenters. The molecule has 1 aromatic heterocycles. The molecule has 0 bridgehead atoms. The summed E-state index contributed by atoms with van der Waals surface area (Å²) in [5, 5.41) is 5.94. The third kappa shape index (κ3) is 4.09. The van der Waals surface area contributed by atoms with Gasteiger partial charge >= 0.3 is 0 Å². The van der Waals surface area contributed by atoms with Gasteiger partial charge in [0.05, 0.1) is 20.8 Å². The quantitative estimate of drug-likeness (QED) is 0.655. The fourth-order valence-corrected chi connectivity index (χ4v) is 2.42. The van der Waals surface area contributed by atoms with Crippen LogP contribution in [0.5, 0.6) is 11.5 Å². The Morgan fingerprint density at radius 2 is 2.10 bits per heavy atom. The Hall–Kier alpha value is -2.28. The molecule has 21 heavy (non-hydrogen) atoms. The van der Waals surface area contributed by atoms with Gasteiger partial charge in [0.15, 0.2) is 17.5 Å². The number of aliphatic imine (C=N–C) groups is 1. The van der Waals surface area contributed by atoms with Crippen LogP contribution in [0.4, 0.5) is 5.69 Å². The van der Waals surface area contributed by atoms with Crippen LogP contribution >= 0.6 is 11.3 Å². The smallest absolute Gasteiger partial charge is 0.193 e. The van der Waals surface area contributed by atoms with E-state index in [1.54, 1.807) is 37.7 Å². The van der Waals surface area contributed by atoms with Crippen LogP contribution in [0, 0.1) is 6.92 Å². The van der Waals surface area contributed by atoms with Crippen LogP contribution < -0.4 is 20.5 Å². The number of aryl methyl sites for hydroxylation is 1. The lowest BCUT2D eigenvalue weighted by molar-refractivity contribution is 0.355. The van der Waals surface area contributed by atoms with Crippen LogP contribution in [0.1, 0.15) is 10.7 Å². The van der Waals surface area contributed by atoms with Gasteiger partial charge in [0.1, 0.15) is 5.01 Å². The number of aromatic nitrogens is 1. The van der Waals surface area contributed by atoms with Gasteiger partial charge < -0.3 is 20.5 Å². The fourth-order valence-electron chi connectivity index (χ4n) is 1.73. The minimum Gasteiger partial charge on any atom is -0.493 e. The predicted molar refractivity (Wildman–Crippen MR) is 85.3 cm³/mol. The molecule has 2 aromatic rings. The van der Waals surface area contributed by atoms with Crippen molar-refractivity contribution in [1.29, 1.82) is 0 Å². The number of ether oxygens (including phenoxy) is 2. The van der Waals surface area contributed by atoms with Crippen LogP contribution in [0.25, 0.3) is 0 Å². The van der Waals surface area contributed by atoms with Crippen LogP contribution in [0.3, 0.4) is 0 Å². The normalized spacial score (nSPS) is 11.3. The average molecular weight is 306 g/mol. The van der Waals surface area contributed by atoms with E-state index < -0.39 is 0 Å². The standard InChI is InChI=1S/C14H18N4O2S/c1-9-8-21-13(17-9)7-16-14(15)18-10-4-5-11(19-2)12(6-10)20-3/h4-6,8H,7H2,1-3H3,(H3,15,16,18). The summed E-state index contributed by atoms with van der Waals surface area (Å²) in [4.78, 5) is 8.59. The third-order valence-electron chi connectivity index (χ3n) is 2.71. The lowest BCUT2D eigenvalue weighted by atomic mass is 10.3. The van der Waals surface area contributed by atoms with E-state index in [9.17, 15) is 0 Å². The Balaban J connectivity index is 2.03. The van der Waals surface area contributed by atoms with Crippen molar-refractivity contribution in [2.24, 2.45) is 10.7 Å². The summed E-state index contributed by atoms with van der Waals surface area (Å²) in [7, 11) is 3.18. The Bertz CT molecular complexity index is 640. The molecular formula is C14H18N4O2S. The third-order valence-corrected chi connectivity index (χ3v) is 3.66. The van der Waals surface area contributed by atoms with Gasteiger partial charge in [0.2, 0.25) is 0 Å². The van der Waals surface area contributed by atoms with Crippen molar-refractivity contribution in [2.45, 2.75) is 13.5 Å². The first-order valence-electron chi connectivity index (χ1n) is 6.32. The minimum absolute atomic E-state index is 0.329. The van der Waals surface area contributed by atoms with Crippen LogP contribution in [0.15, 0.2) is 28.6 Å². The van der Waals surface area contributed by atoms with E-state index in [4.69, 9.17) is 15.2 Å². The molecular weight excluding hydrogens is 288 g/mol. The maximum atomic E-state index is 5.87. The zero-order valence-corrected chi connectivity index (χ0v) is 13.0. The molecule has 0 aliphatic heterocycles. The second-order valence-corrected chi connectivity index (χ2v) is 5.22. The van der Waals surface area contributed by atoms with Crippen molar-refractivity contribution in [3.63, 3.8) is 0 Å². The van der Waals surface area contributed by atoms with E-state index >= 15 is 0 Å². The number of hydrogen-bond donors (Lipinski definition) is 2. The van der Waals surface area contributed by atoms with Crippen molar-refractivity contribution in [1.82, 2.24) is 4.98 Å². The topological polar surface area (TPSA) is 81.8 Å². The minimum atomic E-state index is 0.329. The Morgan fingerprint density at radius 1 is 1.33 bits per heavy atom. The fraction of sp³-hybridized carbons (Fsp3) is 0.286. The molecule has 1 heterocycles. The van der Waals surface area contributed by atoms with Gasteiger partial charge in [-0.15, -0.1) is 11.3 Å². The summed E-state index contributed by atoms with van der Waals surface area (Å²) in [6.45, 7) is 2.42. The van der Waals surface area contributed by atoms with E-state index in [0.717, 1.165) is 16.4 Å². The Morgan fingerprint density at radius 3 is 2.71 bits per heavy atom. The van der Waals surface area contributed by atoms with Gasteiger partial charge in [-0.05, 0) is 19.1 Å². The molecule has 0 fully saturated rings. The predicted octanol–water partition coefficient (Wildman–Crippen LogP) is 2.40. The van der Waals surface area contributed by atoms with E-state index in [1.807, 2.05) is 18.4 Å². The molecule has 0 aliphatic carbocycles. The summed E-state index contributed by atoms with van der Waals surface area (Å²) in [5.74, 6) is 1.62. The largest absolute Gasteiger partial charge is 0.493 e. The number of nitrogens with zero attached hydrogens (tertiary/aromatic N) is 2. The monoisotopic (exact) mass is 306 g/mol. The highest BCUT2D eigenvalue weighted by atomic mass is 32.1. The zero-order chi connectivity index (χ0) is 15.2. The zero-order valence-electron chi connectivity index (χ0n) is 12.2. The first kappa shape index (κ1) is 15.1. The van der Waals surface area contributed by atoms with Gasteiger partial charge in [-0.1, -0.05) is 0 Å². The van der Waals surface area contributed by atoms with E-state index in [0.29, 0.717) is 24.0 Å². The Labute approximate surface area is 127 Å². The first-order chi connectivity index (χ1) is 10.1. The molecule has 2 rings (SSSR count). The number of guanidine groups is 1. The molecule has 7 heteroatoms. The molecule has 1 aromatic carbocycles. The number of methoxy groups -OCH3 is 2. The van der Waals surface area contributed by atoms with Gasteiger partial charge in [-0.25, -0.2) is 9.98 Å². The molecule has 3 N–H and O–H groups in total. The number of thiazole rings is 1. The summed E-state index contributed by atoms with van der Waals surface area (Å²) < 4.78 is 10.4. The lowest BCUT2D eigenvalue weighted by Gasteiger charge is -2.10. The number of anilines is 1. The first-order valence-corrected chi connectivity index (χ1v) is 7.20. The number of hydrogen-bond acceptors (Lipinski definition) is 5. The Kier molecular flexibility index (Phi) is 4.99.